The van der Waals surface area contributed by atoms with E-state index in [0.717, 1.165) is 25.7 Å². The fourth-order valence-corrected chi connectivity index (χ4v) is 1.82. The Balaban J connectivity index is 3.07. The van der Waals surface area contributed by atoms with E-state index in [2.05, 4.69) is 19.1 Å². The summed E-state index contributed by atoms with van der Waals surface area (Å²) in [6.45, 7) is 2.24. The summed E-state index contributed by atoms with van der Waals surface area (Å²) in [4.78, 5) is 10.3. The van der Waals surface area contributed by atoms with Gasteiger partial charge in [-0.1, -0.05) is 51.2 Å². The van der Waals surface area contributed by atoms with Crippen molar-refractivity contribution < 1.29 is 9.90 Å². The number of hydrogen-bond acceptors (Lipinski definition) is 1. The molecule has 2 heteroatoms. The van der Waals surface area contributed by atoms with Gasteiger partial charge in [-0.3, -0.25) is 4.79 Å². The Morgan fingerprint density at radius 3 is 1.94 bits per heavy atom. The quantitative estimate of drug-likeness (QED) is 0.387. The number of hydrogen-bond donors (Lipinski definition) is 1. The largest absolute Gasteiger partial charge is 0.481 e. The van der Waals surface area contributed by atoms with Crippen LogP contribution in [0.4, 0.5) is 0 Å². The summed E-state index contributed by atoms with van der Waals surface area (Å²) in [6.07, 6.45) is 16.9. The van der Waals surface area contributed by atoms with Gasteiger partial charge in [-0.15, -0.1) is 0 Å². The summed E-state index contributed by atoms with van der Waals surface area (Å²) in [6, 6.07) is 0. The Kier molecular flexibility index (Phi) is 12.7. The molecule has 17 heavy (non-hydrogen) atoms. The normalized spacial score (nSPS) is 11.1. The van der Waals surface area contributed by atoms with Crippen LogP contribution in [0.2, 0.25) is 0 Å². The first-order valence-corrected chi connectivity index (χ1v) is 7.14. The Morgan fingerprint density at radius 2 is 1.41 bits per heavy atom. The molecule has 0 radical (unpaired) electrons. The van der Waals surface area contributed by atoms with Crippen molar-refractivity contribution in [1.82, 2.24) is 0 Å². The minimum atomic E-state index is -0.673. The van der Waals surface area contributed by atoms with Crippen molar-refractivity contribution in [2.45, 2.75) is 77.6 Å². The SMILES string of the molecule is CCCCCCCC=CCCCCCC(=O)O. The van der Waals surface area contributed by atoms with Crippen LogP contribution in [0, 0.1) is 0 Å². The zero-order valence-corrected chi connectivity index (χ0v) is 11.3. The fraction of sp³-hybridized carbons (Fsp3) is 0.800. The Labute approximate surface area is 106 Å². The van der Waals surface area contributed by atoms with Gasteiger partial charge in [0.15, 0.2) is 0 Å². The molecule has 0 saturated carbocycles. The molecule has 0 bridgehead atoms. The first-order valence-electron chi connectivity index (χ1n) is 7.14. The summed E-state index contributed by atoms with van der Waals surface area (Å²) in [7, 11) is 0. The zero-order valence-electron chi connectivity index (χ0n) is 11.3. The van der Waals surface area contributed by atoms with E-state index in [1.54, 1.807) is 0 Å². The molecule has 0 aliphatic carbocycles. The topological polar surface area (TPSA) is 37.3 Å². The Bertz CT molecular complexity index is 197. The second-order valence-electron chi connectivity index (χ2n) is 4.67. The minimum absolute atomic E-state index is 0.321. The third kappa shape index (κ3) is 15.2. The summed E-state index contributed by atoms with van der Waals surface area (Å²) in [5, 5.41) is 8.46. The van der Waals surface area contributed by atoms with Crippen LogP contribution < -0.4 is 0 Å². The minimum Gasteiger partial charge on any atom is -0.481 e. The van der Waals surface area contributed by atoms with E-state index in [9.17, 15) is 4.79 Å². The van der Waals surface area contributed by atoms with E-state index in [-0.39, 0.29) is 0 Å². The number of carboxylic acids is 1. The van der Waals surface area contributed by atoms with Crippen LogP contribution in [-0.2, 0) is 4.79 Å². The average molecular weight is 240 g/mol. The van der Waals surface area contributed by atoms with Crippen LogP contribution in [0.1, 0.15) is 77.6 Å². The van der Waals surface area contributed by atoms with E-state index < -0.39 is 5.97 Å². The van der Waals surface area contributed by atoms with E-state index in [4.69, 9.17) is 5.11 Å². The lowest BCUT2D eigenvalue weighted by Crippen LogP contribution is -1.93. The monoisotopic (exact) mass is 240 g/mol. The number of carboxylic acid groups (broad SMARTS) is 1. The highest BCUT2D eigenvalue weighted by atomic mass is 16.4. The molecule has 0 heterocycles. The number of unbranched alkanes of at least 4 members (excludes halogenated alkanes) is 8. The van der Waals surface area contributed by atoms with Crippen molar-refractivity contribution in [2.75, 3.05) is 0 Å². The van der Waals surface area contributed by atoms with Gasteiger partial charge in [-0.05, 0) is 32.1 Å². The molecule has 0 aromatic carbocycles. The van der Waals surface area contributed by atoms with Crippen LogP contribution >= 0.6 is 0 Å². The second kappa shape index (κ2) is 13.3. The molecule has 1 N–H and O–H groups in total. The average Bonchev–Trinajstić information content (AvgIpc) is 2.30. The fourth-order valence-electron chi connectivity index (χ4n) is 1.82. The van der Waals surface area contributed by atoms with Crippen molar-refractivity contribution in [3.63, 3.8) is 0 Å². The van der Waals surface area contributed by atoms with E-state index in [1.807, 2.05) is 0 Å². The van der Waals surface area contributed by atoms with Crippen LogP contribution in [0.15, 0.2) is 12.2 Å². The number of carbonyl (C=O) groups is 1. The molecule has 2 nitrogen and oxygen atoms in total. The van der Waals surface area contributed by atoms with Crippen molar-refractivity contribution >= 4 is 5.97 Å². The molecule has 0 unspecified atom stereocenters. The first-order chi connectivity index (χ1) is 8.27. The lowest BCUT2D eigenvalue weighted by Gasteiger charge is -1.97. The highest BCUT2D eigenvalue weighted by Crippen LogP contribution is 2.07. The highest BCUT2D eigenvalue weighted by Gasteiger charge is 1.94. The summed E-state index contributed by atoms with van der Waals surface area (Å²) in [5.74, 6) is -0.673. The lowest BCUT2D eigenvalue weighted by molar-refractivity contribution is -0.137. The van der Waals surface area contributed by atoms with Crippen molar-refractivity contribution in [2.24, 2.45) is 0 Å². The van der Waals surface area contributed by atoms with E-state index in [0.29, 0.717) is 6.42 Å². The lowest BCUT2D eigenvalue weighted by atomic mass is 10.1. The standard InChI is InChI=1S/C15H28O2/c1-2-3-4-5-6-7-8-9-10-11-12-13-14-15(16)17/h8-9H,2-7,10-14H2,1H3,(H,16,17). The van der Waals surface area contributed by atoms with Crippen molar-refractivity contribution in [3.05, 3.63) is 12.2 Å². The molecule has 0 aromatic heterocycles. The number of allylic oxidation sites excluding steroid dienone is 2. The summed E-state index contributed by atoms with van der Waals surface area (Å²) in [5.41, 5.74) is 0. The number of rotatable bonds is 12. The molecule has 0 rings (SSSR count). The number of aliphatic carboxylic acids is 1. The molecular formula is C15H28O2. The van der Waals surface area contributed by atoms with Crippen molar-refractivity contribution in [1.29, 1.82) is 0 Å². The van der Waals surface area contributed by atoms with Gasteiger partial charge >= 0.3 is 5.97 Å². The predicted molar refractivity (Wildman–Crippen MR) is 73.2 cm³/mol. The molecule has 0 aliphatic heterocycles. The van der Waals surface area contributed by atoms with Crippen LogP contribution in [-0.4, -0.2) is 11.1 Å². The van der Waals surface area contributed by atoms with Gasteiger partial charge in [-0.25, -0.2) is 0 Å². The van der Waals surface area contributed by atoms with Crippen molar-refractivity contribution in [3.8, 4) is 0 Å². The van der Waals surface area contributed by atoms with E-state index >= 15 is 0 Å². The predicted octanol–water partition coefficient (Wildman–Crippen LogP) is 4.94. The van der Waals surface area contributed by atoms with Gasteiger partial charge in [0, 0.05) is 6.42 Å². The van der Waals surface area contributed by atoms with E-state index in [1.165, 1.54) is 38.5 Å². The molecule has 0 aliphatic rings. The summed E-state index contributed by atoms with van der Waals surface area (Å²) < 4.78 is 0. The molecule has 0 aromatic rings. The van der Waals surface area contributed by atoms with Gasteiger partial charge in [0.2, 0.25) is 0 Å². The molecule has 0 atom stereocenters. The molecule has 100 valence electrons. The second-order valence-corrected chi connectivity index (χ2v) is 4.67. The van der Waals surface area contributed by atoms with Gasteiger partial charge in [0.05, 0.1) is 0 Å². The Hall–Kier alpha value is -0.790. The molecular weight excluding hydrogens is 212 g/mol. The van der Waals surface area contributed by atoms with Crippen LogP contribution in [0.5, 0.6) is 0 Å². The molecule has 0 fully saturated rings. The molecule has 0 spiro atoms. The van der Waals surface area contributed by atoms with Crippen LogP contribution in [0.25, 0.3) is 0 Å². The zero-order chi connectivity index (χ0) is 12.8. The summed E-state index contributed by atoms with van der Waals surface area (Å²) >= 11 is 0. The Morgan fingerprint density at radius 1 is 0.882 bits per heavy atom. The van der Waals surface area contributed by atoms with Gasteiger partial charge in [-0.2, -0.15) is 0 Å². The molecule has 0 amide bonds. The third-order valence-electron chi connectivity index (χ3n) is 2.90. The maximum Gasteiger partial charge on any atom is 0.303 e. The van der Waals surface area contributed by atoms with Gasteiger partial charge in [0.25, 0.3) is 0 Å². The van der Waals surface area contributed by atoms with Crippen LogP contribution in [0.3, 0.4) is 0 Å². The molecule has 0 saturated heterocycles. The van der Waals surface area contributed by atoms with Gasteiger partial charge < -0.3 is 5.11 Å². The third-order valence-corrected chi connectivity index (χ3v) is 2.90. The maximum atomic E-state index is 10.3. The highest BCUT2D eigenvalue weighted by molar-refractivity contribution is 5.66. The smallest absolute Gasteiger partial charge is 0.303 e. The van der Waals surface area contributed by atoms with Gasteiger partial charge in [0.1, 0.15) is 0 Å². The maximum absolute atomic E-state index is 10.3. The first kappa shape index (κ1) is 16.2.